The number of hydrogen-bond acceptors (Lipinski definition) is 4. The van der Waals surface area contributed by atoms with Crippen LogP contribution in [0.2, 0.25) is 0 Å². The molecule has 20 heavy (non-hydrogen) atoms. The Kier molecular flexibility index (Phi) is 4.22. The van der Waals surface area contributed by atoms with E-state index in [1.165, 1.54) is 6.07 Å². The van der Waals surface area contributed by atoms with E-state index in [0.29, 0.717) is 6.54 Å². The first-order chi connectivity index (χ1) is 9.36. The van der Waals surface area contributed by atoms with Crippen LogP contribution in [0.3, 0.4) is 0 Å². The molecule has 0 amide bonds. The summed E-state index contributed by atoms with van der Waals surface area (Å²) in [7, 11) is -1.80. The van der Waals surface area contributed by atoms with Gasteiger partial charge in [-0.25, -0.2) is 13.6 Å². The van der Waals surface area contributed by atoms with Crippen LogP contribution in [0.1, 0.15) is 24.2 Å². The fraction of sp³-hybridized carbons (Fsp3) is 0.308. The zero-order valence-corrected chi connectivity index (χ0v) is 12.3. The molecule has 2 aromatic rings. The molecule has 1 unspecified atom stereocenters. The minimum atomic E-state index is -3.67. The Morgan fingerprint density at radius 2 is 2.15 bits per heavy atom. The van der Waals surface area contributed by atoms with Crippen molar-refractivity contribution in [1.82, 2.24) is 15.1 Å². The van der Waals surface area contributed by atoms with Crippen molar-refractivity contribution in [2.75, 3.05) is 0 Å². The van der Waals surface area contributed by atoms with E-state index < -0.39 is 10.0 Å². The van der Waals surface area contributed by atoms with E-state index in [1.54, 1.807) is 16.8 Å². The lowest BCUT2D eigenvalue weighted by molar-refractivity contribution is 0.560. The maximum absolute atomic E-state index is 11.3. The Hall–Kier alpha value is -1.70. The maximum atomic E-state index is 11.3. The van der Waals surface area contributed by atoms with Gasteiger partial charge in [0.2, 0.25) is 10.0 Å². The molecule has 3 N–H and O–H groups in total. The largest absolute Gasteiger partial charge is 0.304 e. The molecule has 108 valence electrons. The van der Waals surface area contributed by atoms with Gasteiger partial charge in [0, 0.05) is 25.8 Å². The highest BCUT2D eigenvalue weighted by Crippen LogP contribution is 2.17. The lowest BCUT2D eigenvalue weighted by Gasteiger charge is -2.14. The summed E-state index contributed by atoms with van der Waals surface area (Å²) < 4.78 is 24.4. The van der Waals surface area contributed by atoms with Gasteiger partial charge < -0.3 is 5.32 Å². The maximum Gasteiger partial charge on any atom is 0.238 e. The van der Waals surface area contributed by atoms with Gasteiger partial charge in [0.05, 0.1) is 10.6 Å². The van der Waals surface area contributed by atoms with Crippen LogP contribution in [0.15, 0.2) is 41.4 Å². The Labute approximate surface area is 118 Å². The van der Waals surface area contributed by atoms with Gasteiger partial charge in [-0.15, -0.1) is 0 Å². The summed E-state index contributed by atoms with van der Waals surface area (Å²) in [6.07, 6.45) is 1.88. The van der Waals surface area contributed by atoms with Crippen molar-refractivity contribution in [3.05, 3.63) is 47.8 Å². The van der Waals surface area contributed by atoms with Gasteiger partial charge in [0.25, 0.3) is 0 Å². The fourth-order valence-corrected chi connectivity index (χ4v) is 2.46. The molecule has 1 aromatic heterocycles. The van der Waals surface area contributed by atoms with E-state index >= 15 is 0 Å². The minimum Gasteiger partial charge on any atom is -0.304 e. The number of aromatic nitrogens is 2. The average Bonchev–Trinajstić information content (AvgIpc) is 2.81. The third kappa shape index (κ3) is 3.66. The smallest absolute Gasteiger partial charge is 0.238 e. The zero-order chi connectivity index (χ0) is 14.8. The molecule has 0 spiro atoms. The van der Waals surface area contributed by atoms with Gasteiger partial charge >= 0.3 is 0 Å². The second-order valence-electron chi connectivity index (χ2n) is 4.70. The molecule has 0 saturated heterocycles. The number of hydrogen-bond donors (Lipinski definition) is 2. The summed E-state index contributed by atoms with van der Waals surface area (Å²) in [6.45, 7) is 2.58. The van der Waals surface area contributed by atoms with Gasteiger partial charge in [-0.2, -0.15) is 5.10 Å². The molecular formula is C13H18N4O2S. The number of nitrogens with zero attached hydrogens (tertiary/aromatic N) is 2. The Bertz CT molecular complexity index is 694. The second-order valence-corrected chi connectivity index (χ2v) is 6.26. The van der Waals surface area contributed by atoms with Crippen molar-refractivity contribution in [3.63, 3.8) is 0 Å². The lowest BCUT2D eigenvalue weighted by Crippen LogP contribution is -2.19. The molecule has 2 rings (SSSR count). The molecule has 1 aromatic carbocycles. The molecule has 0 aliphatic rings. The monoisotopic (exact) mass is 294 g/mol. The SMILES string of the molecule is CC(NCc1ccn(C)n1)c1cccc(S(N)(=O)=O)c1. The van der Waals surface area contributed by atoms with Crippen LogP contribution in [-0.4, -0.2) is 18.2 Å². The van der Waals surface area contributed by atoms with Gasteiger partial charge in [-0.05, 0) is 30.7 Å². The normalized spacial score (nSPS) is 13.3. The number of nitrogens with two attached hydrogens (primary N) is 1. The number of rotatable bonds is 5. The molecule has 0 fully saturated rings. The summed E-state index contributed by atoms with van der Waals surface area (Å²) in [5, 5.41) is 12.7. The van der Waals surface area contributed by atoms with Crippen LogP contribution >= 0.6 is 0 Å². The van der Waals surface area contributed by atoms with E-state index in [2.05, 4.69) is 10.4 Å². The lowest BCUT2D eigenvalue weighted by atomic mass is 10.1. The number of benzene rings is 1. The van der Waals surface area contributed by atoms with E-state index in [-0.39, 0.29) is 10.9 Å². The summed E-state index contributed by atoms with van der Waals surface area (Å²) >= 11 is 0. The van der Waals surface area contributed by atoms with Gasteiger partial charge in [-0.1, -0.05) is 12.1 Å². The Balaban J connectivity index is 2.07. The third-order valence-electron chi connectivity index (χ3n) is 3.04. The molecule has 1 atom stereocenters. The van der Waals surface area contributed by atoms with Crippen LogP contribution in [0.5, 0.6) is 0 Å². The van der Waals surface area contributed by atoms with E-state index in [4.69, 9.17) is 5.14 Å². The highest BCUT2D eigenvalue weighted by molar-refractivity contribution is 7.89. The topological polar surface area (TPSA) is 90.0 Å². The fourth-order valence-electron chi connectivity index (χ4n) is 1.89. The summed E-state index contributed by atoms with van der Waals surface area (Å²) in [6, 6.07) is 8.56. The zero-order valence-electron chi connectivity index (χ0n) is 11.4. The van der Waals surface area contributed by atoms with Gasteiger partial charge in [0.1, 0.15) is 0 Å². The molecule has 0 aliphatic carbocycles. The minimum absolute atomic E-state index is 0.00120. The van der Waals surface area contributed by atoms with E-state index in [0.717, 1.165) is 11.3 Å². The van der Waals surface area contributed by atoms with Crippen LogP contribution in [0.25, 0.3) is 0 Å². The van der Waals surface area contributed by atoms with Gasteiger partial charge in [-0.3, -0.25) is 4.68 Å². The molecule has 0 saturated carbocycles. The number of aryl methyl sites for hydroxylation is 1. The van der Waals surface area contributed by atoms with Crippen molar-refractivity contribution < 1.29 is 8.42 Å². The first-order valence-corrected chi connectivity index (χ1v) is 7.75. The van der Waals surface area contributed by atoms with E-state index in [9.17, 15) is 8.42 Å². The third-order valence-corrected chi connectivity index (χ3v) is 3.96. The molecular weight excluding hydrogens is 276 g/mol. The Morgan fingerprint density at radius 3 is 2.75 bits per heavy atom. The summed E-state index contributed by atoms with van der Waals surface area (Å²) in [4.78, 5) is 0.126. The molecule has 1 heterocycles. The highest BCUT2D eigenvalue weighted by Gasteiger charge is 2.11. The predicted molar refractivity (Wildman–Crippen MR) is 76.3 cm³/mol. The first kappa shape index (κ1) is 14.7. The van der Waals surface area contributed by atoms with Crippen LogP contribution < -0.4 is 10.5 Å². The molecule has 0 radical (unpaired) electrons. The van der Waals surface area contributed by atoms with Crippen molar-refractivity contribution in [1.29, 1.82) is 0 Å². The highest BCUT2D eigenvalue weighted by atomic mass is 32.2. The average molecular weight is 294 g/mol. The van der Waals surface area contributed by atoms with E-state index in [1.807, 2.05) is 32.3 Å². The van der Waals surface area contributed by atoms with Crippen LogP contribution in [0, 0.1) is 0 Å². The van der Waals surface area contributed by atoms with Crippen LogP contribution in [0.4, 0.5) is 0 Å². The van der Waals surface area contributed by atoms with Crippen molar-refractivity contribution >= 4 is 10.0 Å². The quantitative estimate of drug-likeness (QED) is 0.858. The first-order valence-electron chi connectivity index (χ1n) is 6.21. The van der Waals surface area contributed by atoms with Crippen molar-refractivity contribution in [2.45, 2.75) is 24.4 Å². The summed E-state index contributed by atoms with van der Waals surface area (Å²) in [5.41, 5.74) is 1.80. The standard InChI is InChI=1S/C13H18N4O2S/c1-10(15-9-12-6-7-17(2)16-12)11-4-3-5-13(8-11)20(14,18)19/h3-8,10,15H,9H2,1-2H3,(H2,14,18,19). The summed E-state index contributed by atoms with van der Waals surface area (Å²) in [5.74, 6) is 0. The van der Waals surface area contributed by atoms with Crippen molar-refractivity contribution in [2.24, 2.45) is 12.2 Å². The second kappa shape index (κ2) is 5.74. The number of nitrogens with one attached hydrogen (secondary N) is 1. The van der Waals surface area contributed by atoms with Gasteiger partial charge in [0.15, 0.2) is 0 Å². The number of sulfonamides is 1. The number of primary sulfonamides is 1. The molecule has 7 heteroatoms. The van der Waals surface area contributed by atoms with Crippen LogP contribution in [-0.2, 0) is 23.6 Å². The predicted octanol–water partition coefficient (Wildman–Crippen LogP) is 0.918. The molecule has 6 nitrogen and oxygen atoms in total. The van der Waals surface area contributed by atoms with Crippen molar-refractivity contribution in [3.8, 4) is 0 Å². The molecule has 0 aliphatic heterocycles. The molecule has 0 bridgehead atoms. The Morgan fingerprint density at radius 1 is 1.40 bits per heavy atom.